The molecule has 2 N–H and O–H groups in total. The first-order valence-electron chi connectivity index (χ1n) is 6.95. The molecule has 0 bridgehead atoms. The van der Waals surface area contributed by atoms with E-state index in [-0.39, 0.29) is 0 Å². The molecule has 3 heterocycles. The van der Waals surface area contributed by atoms with Gasteiger partial charge in [-0.3, -0.25) is 0 Å². The fourth-order valence-corrected chi connectivity index (χ4v) is 3.13. The Balaban J connectivity index is 2.07. The van der Waals surface area contributed by atoms with Crippen LogP contribution in [0.5, 0.6) is 0 Å². The smallest absolute Gasteiger partial charge is 0.157 e. The number of imidazole rings is 1. The second-order valence-electron chi connectivity index (χ2n) is 5.47. The van der Waals surface area contributed by atoms with E-state index in [1.165, 1.54) is 12.8 Å². The third-order valence-corrected chi connectivity index (χ3v) is 4.25. The van der Waals surface area contributed by atoms with Gasteiger partial charge in [-0.25, -0.2) is 9.97 Å². The Bertz CT molecular complexity index is 576. The molecule has 2 aromatic rings. The summed E-state index contributed by atoms with van der Waals surface area (Å²) in [6.07, 6.45) is 6.16. The molecule has 3 rings (SSSR count). The van der Waals surface area contributed by atoms with Gasteiger partial charge in [0.05, 0.1) is 11.8 Å². The topological polar surface area (TPSA) is 60.0 Å². The lowest BCUT2D eigenvalue weighted by Crippen LogP contribution is -2.49. The predicted octanol–water partition coefficient (Wildman–Crippen LogP) is 1.53. The van der Waals surface area contributed by atoms with Crippen LogP contribution in [0.15, 0.2) is 18.6 Å². The lowest BCUT2D eigenvalue weighted by atomic mass is 9.91. The Kier molecular flexibility index (Phi) is 3.14. The van der Waals surface area contributed by atoms with E-state index in [1.807, 2.05) is 30.2 Å². The van der Waals surface area contributed by atoms with Gasteiger partial charge in [0.15, 0.2) is 5.82 Å². The van der Waals surface area contributed by atoms with Crippen LogP contribution in [0.2, 0.25) is 0 Å². The summed E-state index contributed by atoms with van der Waals surface area (Å²) in [6.45, 7) is 3.98. The van der Waals surface area contributed by atoms with E-state index in [9.17, 15) is 0 Å². The van der Waals surface area contributed by atoms with Gasteiger partial charge < -0.3 is 15.2 Å². The number of piperidine rings is 1. The number of fused-ring (bicyclic) bond motifs is 1. The second-order valence-corrected chi connectivity index (χ2v) is 5.47. The molecule has 19 heavy (non-hydrogen) atoms. The van der Waals surface area contributed by atoms with E-state index in [4.69, 9.17) is 5.73 Å². The van der Waals surface area contributed by atoms with Crippen molar-refractivity contribution < 1.29 is 0 Å². The van der Waals surface area contributed by atoms with Crippen molar-refractivity contribution in [1.82, 2.24) is 14.5 Å². The minimum absolute atomic E-state index is 0.369. The van der Waals surface area contributed by atoms with Crippen molar-refractivity contribution in [2.24, 2.45) is 18.7 Å². The molecule has 2 aromatic heterocycles. The zero-order chi connectivity index (χ0) is 13.4. The molecule has 102 valence electrons. The van der Waals surface area contributed by atoms with Crippen molar-refractivity contribution in [2.75, 3.05) is 18.0 Å². The standard InChI is InChI=1S/C14H21N5/c1-10-4-3-7-19(12(10)8-15)14-13-11(5-6-16-14)18(2)9-17-13/h5-6,9-10,12H,3-4,7-8,15H2,1-2H3. The average molecular weight is 259 g/mol. The van der Waals surface area contributed by atoms with Crippen LogP contribution in [0.3, 0.4) is 0 Å². The van der Waals surface area contributed by atoms with Crippen LogP contribution < -0.4 is 10.6 Å². The number of nitrogens with two attached hydrogens (primary N) is 1. The van der Waals surface area contributed by atoms with Gasteiger partial charge in [-0.1, -0.05) is 6.92 Å². The highest BCUT2D eigenvalue weighted by Crippen LogP contribution is 2.30. The molecular weight excluding hydrogens is 238 g/mol. The number of pyridine rings is 1. The molecule has 0 amide bonds. The van der Waals surface area contributed by atoms with Crippen LogP contribution in [-0.4, -0.2) is 33.7 Å². The molecule has 5 nitrogen and oxygen atoms in total. The zero-order valence-electron chi connectivity index (χ0n) is 11.6. The van der Waals surface area contributed by atoms with Gasteiger partial charge in [0.1, 0.15) is 5.52 Å². The number of hydrogen-bond acceptors (Lipinski definition) is 4. The van der Waals surface area contributed by atoms with E-state index in [0.29, 0.717) is 18.5 Å². The van der Waals surface area contributed by atoms with Gasteiger partial charge in [0.2, 0.25) is 0 Å². The normalized spacial score (nSPS) is 24.1. The summed E-state index contributed by atoms with van der Waals surface area (Å²) < 4.78 is 2.03. The van der Waals surface area contributed by atoms with Crippen LogP contribution in [0.25, 0.3) is 11.0 Å². The van der Waals surface area contributed by atoms with Crippen molar-refractivity contribution in [3.05, 3.63) is 18.6 Å². The lowest BCUT2D eigenvalue weighted by Gasteiger charge is -2.40. The summed E-state index contributed by atoms with van der Waals surface area (Å²) in [6, 6.07) is 2.38. The Morgan fingerprint density at radius 1 is 1.42 bits per heavy atom. The number of anilines is 1. The minimum Gasteiger partial charge on any atom is -0.350 e. The highest BCUT2D eigenvalue weighted by Gasteiger charge is 2.29. The minimum atomic E-state index is 0.369. The largest absolute Gasteiger partial charge is 0.350 e. The van der Waals surface area contributed by atoms with Crippen LogP contribution in [0.1, 0.15) is 19.8 Å². The summed E-state index contributed by atoms with van der Waals surface area (Å²) in [7, 11) is 2.01. The van der Waals surface area contributed by atoms with E-state index >= 15 is 0 Å². The third-order valence-electron chi connectivity index (χ3n) is 4.25. The Labute approximate surface area is 113 Å². The highest BCUT2D eigenvalue weighted by atomic mass is 15.2. The number of nitrogens with zero attached hydrogens (tertiary/aromatic N) is 4. The fourth-order valence-electron chi connectivity index (χ4n) is 3.13. The number of rotatable bonds is 2. The maximum Gasteiger partial charge on any atom is 0.157 e. The van der Waals surface area contributed by atoms with E-state index in [0.717, 1.165) is 23.4 Å². The molecule has 1 fully saturated rings. The summed E-state index contributed by atoms with van der Waals surface area (Å²) in [5.74, 6) is 1.60. The maximum atomic E-state index is 5.98. The quantitative estimate of drug-likeness (QED) is 0.888. The Morgan fingerprint density at radius 3 is 3.05 bits per heavy atom. The van der Waals surface area contributed by atoms with E-state index in [2.05, 4.69) is 21.8 Å². The molecule has 2 unspecified atom stereocenters. The summed E-state index contributed by atoms with van der Waals surface area (Å²) in [5, 5.41) is 0. The number of aryl methyl sites for hydroxylation is 1. The van der Waals surface area contributed by atoms with Crippen LogP contribution >= 0.6 is 0 Å². The molecule has 2 atom stereocenters. The highest BCUT2D eigenvalue weighted by molar-refractivity contribution is 5.86. The molecule has 5 heteroatoms. The first-order chi connectivity index (χ1) is 9.22. The number of aromatic nitrogens is 3. The van der Waals surface area contributed by atoms with Crippen molar-refractivity contribution in [1.29, 1.82) is 0 Å². The predicted molar refractivity (Wildman–Crippen MR) is 77.1 cm³/mol. The lowest BCUT2D eigenvalue weighted by molar-refractivity contribution is 0.348. The van der Waals surface area contributed by atoms with Crippen molar-refractivity contribution in [3.8, 4) is 0 Å². The van der Waals surface area contributed by atoms with Crippen LogP contribution in [0, 0.1) is 5.92 Å². The first-order valence-corrected chi connectivity index (χ1v) is 6.95. The molecule has 0 aromatic carbocycles. The van der Waals surface area contributed by atoms with E-state index < -0.39 is 0 Å². The summed E-state index contributed by atoms with van der Waals surface area (Å²) in [5.41, 5.74) is 8.08. The van der Waals surface area contributed by atoms with Gasteiger partial charge in [-0.05, 0) is 24.8 Å². The maximum absolute atomic E-state index is 5.98. The van der Waals surface area contributed by atoms with Gasteiger partial charge in [0.25, 0.3) is 0 Å². The van der Waals surface area contributed by atoms with Gasteiger partial charge in [-0.2, -0.15) is 0 Å². The van der Waals surface area contributed by atoms with Gasteiger partial charge in [0, 0.05) is 32.4 Å². The van der Waals surface area contributed by atoms with Crippen molar-refractivity contribution in [2.45, 2.75) is 25.8 Å². The molecule has 0 aliphatic carbocycles. The number of hydrogen-bond donors (Lipinski definition) is 1. The Hall–Kier alpha value is -1.62. The summed E-state index contributed by atoms with van der Waals surface area (Å²) >= 11 is 0. The van der Waals surface area contributed by atoms with Crippen molar-refractivity contribution in [3.63, 3.8) is 0 Å². The SMILES string of the molecule is CC1CCCN(c2nccc3c2ncn3C)C1CN. The summed E-state index contributed by atoms with van der Waals surface area (Å²) in [4.78, 5) is 11.4. The molecule has 1 saturated heterocycles. The van der Waals surface area contributed by atoms with Gasteiger partial charge >= 0.3 is 0 Å². The van der Waals surface area contributed by atoms with Crippen LogP contribution in [0.4, 0.5) is 5.82 Å². The molecule has 0 saturated carbocycles. The molecule has 0 radical (unpaired) electrons. The monoisotopic (exact) mass is 259 g/mol. The third kappa shape index (κ3) is 1.98. The van der Waals surface area contributed by atoms with Crippen LogP contribution in [-0.2, 0) is 7.05 Å². The zero-order valence-corrected chi connectivity index (χ0v) is 11.6. The van der Waals surface area contributed by atoms with Crippen molar-refractivity contribution >= 4 is 16.9 Å². The van der Waals surface area contributed by atoms with E-state index in [1.54, 1.807) is 0 Å². The Morgan fingerprint density at radius 2 is 2.26 bits per heavy atom. The molecule has 0 spiro atoms. The average Bonchev–Trinajstić information content (AvgIpc) is 2.80. The molecule has 1 aliphatic rings. The molecule has 1 aliphatic heterocycles. The first kappa shape index (κ1) is 12.4. The molecular formula is C14H21N5. The second kappa shape index (κ2) is 4.81. The fraction of sp³-hybridized carbons (Fsp3) is 0.571. The van der Waals surface area contributed by atoms with Gasteiger partial charge in [-0.15, -0.1) is 0 Å².